The standard InChI is InChI=1S/C21H20FNO4/c1-4-26-21(25)13(3)27-15-6-8-17-18(10-15)20(24)23-11-19(17)16-7-5-14(22)9-12(16)2/h5-11,13H,4H2,1-3H3,(H,23,24)/t13-/m1/s1. The third-order valence-corrected chi connectivity index (χ3v) is 4.28. The summed E-state index contributed by atoms with van der Waals surface area (Å²) in [6.45, 7) is 5.39. The first kappa shape index (κ1) is 18.6. The van der Waals surface area contributed by atoms with Crippen LogP contribution in [0.5, 0.6) is 5.75 Å². The number of hydrogen-bond acceptors (Lipinski definition) is 4. The minimum atomic E-state index is -0.788. The van der Waals surface area contributed by atoms with Crippen molar-refractivity contribution in [2.75, 3.05) is 6.61 Å². The summed E-state index contributed by atoms with van der Waals surface area (Å²) in [7, 11) is 0. The first-order valence-electron chi connectivity index (χ1n) is 8.66. The van der Waals surface area contributed by atoms with Crippen LogP contribution in [0.4, 0.5) is 4.39 Å². The summed E-state index contributed by atoms with van der Waals surface area (Å²) >= 11 is 0. The first-order chi connectivity index (χ1) is 12.9. The third kappa shape index (κ3) is 3.84. The van der Waals surface area contributed by atoms with Crippen LogP contribution in [0.15, 0.2) is 47.4 Å². The minimum absolute atomic E-state index is 0.268. The number of benzene rings is 2. The van der Waals surface area contributed by atoms with Crippen LogP contribution in [-0.4, -0.2) is 23.7 Å². The van der Waals surface area contributed by atoms with Gasteiger partial charge >= 0.3 is 5.97 Å². The molecule has 27 heavy (non-hydrogen) atoms. The van der Waals surface area contributed by atoms with Crippen LogP contribution in [0.25, 0.3) is 21.9 Å². The fourth-order valence-electron chi connectivity index (χ4n) is 2.98. The second-order valence-corrected chi connectivity index (χ2v) is 6.21. The largest absolute Gasteiger partial charge is 0.479 e. The number of H-pyrrole nitrogens is 1. The number of esters is 1. The Labute approximate surface area is 155 Å². The van der Waals surface area contributed by atoms with Crippen molar-refractivity contribution in [2.24, 2.45) is 0 Å². The molecule has 0 fully saturated rings. The molecular weight excluding hydrogens is 349 g/mol. The van der Waals surface area contributed by atoms with Crippen LogP contribution < -0.4 is 10.3 Å². The van der Waals surface area contributed by atoms with Crippen LogP contribution in [0, 0.1) is 12.7 Å². The lowest BCUT2D eigenvalue weighted by Gasteiger charge is -2.14. The van der Waals surface area contributed by atoms with E-state index in [1.165, 1.54) is 12.1 Å². The summed E-state index contributed by atoms with van der Waals surface area (Å²) in [4.78, 5) is 26.8. The van der Waals surface area contributed by atoms with Crippen LogP contribution >= 0.6 is 0 Å². The Morgan fingerprint density at radius 2 is 1.93 bits per heavy atom. The van der Waals surface area contributed by atoms with E-state index in [-0.39, 0.29) is 18.0 Å². The van der Waals surface area contributed by atoms with Gasteiger partial charge < -0.3 is 14.5 Å². The van der Waals surface area contributed by atoms with E-state index in [0.717, 1.165) is 16.7 Å². The number of carbonyl (C=O) groups excluding carboxylic acids is 1. The van der Waals surface area contributed by atoms with Gasteiger partial charge in [0.15, 0.2) is 6.10 Å². The molecule has 140 valence electrons. The van der Waals surface area contributed by atoms with Crippen molar-refractivity contribution in [1.82, 2.24) is 4.98 Å². The van der Waals surface area contributed by atoms with E-state index in [0.29, 0.717) is 16.5 Å². The van der Waals surface area contributed by atoms with Crippen LogP contribution in [0.1, 0.15) is 19.4 Å². The van der Waals surface area contributed by atoms with E-state index in [9.17, 15) is 14.0 Å². The van der Waals surface area contributed by atoms with Gasteiger partial charge in [0.25, 0.3) is 5.56 Å². The van der Waals surface area contributed by atoms with Gasteiger partial charge in [0, 0.05) is 11.8 Å². The number of hydrogen-bond donors (Lipinski definition) is 1. The SMILES string of the molecule is CCOC(=O)[C@@H](C)Oc1ccc2c(-c3ccc(F)cc3C)c[nH]c(=O)c2c1. The molecule has 1 aromatic heterocycles. The predicted molar refractivity (Wildman–Crippen MR) is 101 cm³/mol. The Bertz CT molecular complexity index is 1060. The van der Waals surface area contributed by atoms with E-state index < -0.39 is 12.1 Å². The highest BCUT2D eigenvalue weighted by Crippen LogP contribution is 2.31. The van der Waals surface area contributed by atoms with E-state index in [2.05, 4.69) is 4.98 Å². The Hall–Kier alpha value is -3.15. The summed E-state index contributed by atoms with van der Waals surface area (Å²) in [6.07, 6.45) is 0.830. The fraction of sp³-hybridized carbons (Fsp3) is 0.238. The highest BCUT2D eigenvalue weighted by molar-refractivity contribution is 5.97. The lowest BCUT2D eigenvalue weighted by molar-refractivity contribution is -0.150. The maximum Gasteiger partial charge on any atom is 0.347 e. The molecule has 0 aliphatic heterocycles. The van der Waals surface area contributed by atoms with E-state index in [1.807, 2.05) is 6.92 Å². The van der Waals surface area contributed by atoms with E-state index in [4.69, 9.17) is 9.47 Å². The first-order valence-corrected chi connectivity index (χ1v) is 8.66. The van der Waals surface area contributed by atoms with Crippen molar-refractivity contribution < 1.29 is 18.7 Å². The summed E-state index contributed by atoms with van der Waals surface area (Å²) < 4.78 is 23.9. The van der Waals surface area contributed by atoms with Gasteiger partial charge in [-0.25, -0.2) is 9.18 Å². The molecule has 0 aliphatic carbocycles. The molecule has 2 aromatic carbocycles. The zero-order valence-corrected chi connectivity index (χ0v) is 15.3. The van der Waals surface area contributed by atoms with E-state index >= 15 is 0 Å². The fourth-order valence-corrected chi connectivity index (χ4v) is 2.98. The van der Waals surface area contributed by atoms with Crippen molar-refractivity contribution in [1.29, 1.82) is 0 Å². The predicted octanol–water partition coefficient (Wildman–Crippen LogP) is 3.97. The zero-order valence-electron chi connectivity index (χ0n) is 15.3. The second kappa shape index (κ2) is 7.61. The number of aromatic amines is 1. The molecule has 0 aliphatic rings. The Balaban J connectivity index is 2.04. The topological polar surface area (TPSA) is 68.4 Å². The van der Waals surface area contributed by atoms with Crippen molar-refractivity contribution in [3.8, 4) is 16.9 Å². The normalized spacial score (nSPS) is 12.0. The lowest BCUT2D eigenvalue weighted by atomic mass is 9.97. The molecule has 6 heteroatoms. The Kier molecular flexibility index (Phi) is 5.26. The molecule has 1 atom stereocenters. The van der Waals surface area contributed by atoms with Crippen molar-refractivity contribution >= 4 is 16.7 Å². The number of rotatable bonds is 5. The summed E-state index contributed by atoms with van der Waals surface area (Å²) in [5.74, 6) is -0.391. The smallest absolute Gasteiger partial charge is 0.347 e. The Morgan fingerprint density at radius 3 is 2.63 bits per heavy atom. The van der Waals surface area contributed by atoms with Crippen molar-refractivity contribution in [2.45, 2.75) is 26.9 Å². The summed E-state index contributed by atoms with van der Waals surface area (Å²) in [5.41, 5.74) is 2.10. The molecule has 0 unspecified atom stereocenters. The maximum absolute atomic E-state index is 13.4. The molecule has 1 N–H and O–H groups in total. The number of fused-ring (bicyclic) bond motifs is 1. The number of aryl methyl sites for hydroxylation is 1. The molecule has 0 bridgehead atoms. The van der Waals surface area contributed by atoms with Crippen LogP contribution in [0.2, 0.25) is 0 Å². The zero-order chi connectivity index (χ0) is 19.6. The quantitative estimate of drug-likeness (QED) is 0.691. The summed E-state index contributed by atoms with van der Waals surface area (Å²) in [6, 6.07) is 9.57. The van der Waals surface area contributed by atoms with Gasteiger partial charge in [-0.05, 0) is 67.6 Å². The number of carbonyl (C=O) groups is 1. The van der Waals surface area contributed by atoms with Gasteiger partial charge in [-0.3, -0.25) is 4.79 Å². The monoisotopic (exact) mass is 369 g/mol. The Morgan fingerprint density at radius 1 is 1.15 bits per heavy atom. The van der Waals surface area contributed by atoms with Gasteiger partial charge in [-0.2, -0.15) is 0 Å². The molecule has 0 spiro atoms. The van der Waals surface area contributed by atoms with Gasteiger partial charge in [-0.1, -0.05) is 6.07 Å². The van der Waals surface area contributed by atoms with Gasteiger partial charge in [0.1, 0.15) is 11.6 Å². The lowest BCUT2D eigenvalue weighted by Crippen LogP contribution is -2.26. The molecule has 0 saturated carbocycles. The molecule has 5 nitrogen and oxygen atoms in total. The second-order valence-electron chi connectivity index (χ2n) is 6.21. The van der Waals surface area contributed by atoms with Gasteiger partial charge in [-0.15, -0.1) is 0 Å². The molecule has 3 aromatic rings. The van der Waals surface area contributed by atoms with Gasteiger partial charge in [0.2, 0.25) is 0 Å². The average Bonchev–Trinajstić information content (AvgIpc) is 2.63. The van der Waals surface area contributed by atoms with Crippen LogP contribution in [0.3, 0.4) is 0 Å². The third-order valence-electron chi connectivity index (χ3n) is 4.28. The van der Waals surface area contributed by atoms with Crippen LogP contribution in [-0.2, 0) is 9.53 Å². The average molecular weight is 369 g/mol. The highest BCUT2D eigenvalue weighted by atomic mass is 19.1. The van der Waals surface area contributed by atoms with Crippen molar-refractivity contribution in [3.05, 3.63) is 64.3 Å². The molecule has 3 rings (SSSR count). The number of halogens is 1. The number of ether oxygens (including phenoxy) is 2. The van der Waals surface area contributed by atoms with E-state index in [1.54, 1.807) is 44.3 Å². The molecule has 0 amide bonds. The maximum atomic E-state index is 13.4. The number of nitrogens with one attached hydrogen (secondary N) is 1. The number of pyridine rings is 1. The minimum Gasteiger partial charge on any atom is -0.479 e. The molecular formula is C21H20FNO4. The van der Waals surface area contributed by atoms with Crippen molar-refractivity contribution in [3.63, 3.8) is 0 Å². The highest BCUT2D eigenvalue weighted by Gasteiger charge is 2.17. The molecule has 0 radical (unpaired) electrons. The number of aromatic nitrogens is 1. The summed E-state index contributed by atoms with van der Waals surface area (Å²) in [5, 5.41) is 1.13. The van der Waals surface area contributed by atoms with Gasteiger partial charge in [0.05, 0.1) is 12.0 Å². The molecule has 1 heterocycles. The molecule has 0 saturated heterocycles.